The van der Waals surface area contributed by atoms with Crippen LogP contribution in [0.3, 0.4) is 0 Å². The van der Waals surface area contributed by atoms with Crippen molar-refractivity contribution in [2.75, 3.05) is 12.3 Å². The molecule has 0 aliphatic rings. The Balaban J connectivity index is 2.60. The average Bonchev–Trinajstić information content (AvgIpc) is 2.34. The number of nitrogens with zero attached hydrogens (tertiary/aromatic N) is 1. The molecule has 1 aromatic rings. The molecule has 6 heteroatoms. The van der Waals surface area contributed by atoms with E-state index in [1.807, 2.05) is 6.92 Å². The van der Waals surface area contributed by atoms with Gasteiger partial charge in [-0.05, 0) is 18.6 Å². The molecule has 1 atom stereocenters. The minimum Gasteiger partial charge on any atom is -0.481 e. The Labute approximate surface area is 105 Å². The molecule has 0 radical (unpaired) electrons. The Kier molecular flexibility index (Phi) is 5.10. The van der Waals surface area contributed by atoms with Crippen molar-refractivity contribution in [3.05, 3.63) is 24.0 Å². The first kappa shape index (κ1) is 14.0. The fourth-order valence-corrected chi connectivity index (χ4v) is 1.57. The highest BCUT2D eigenvalue weighted by Crippen LogP contribution is 2.08. The number of aromatic nitrogens is 1. The van der Waals surface area contributed by atoms with Gasteiger partial charge in [0.05, 0.1) is 11.6 Å². The normalized spacial score (nSPS) is 11.8. The summed E-state index contributed by atoms with van der Waals surface area (Å²) in [6.07, 6.45) is 2.73. The molecule has 0 fully saturated rings. The number of nitrogen functional groups attached to an aromatic ring is 1. The van der Waals surface area contributed by atoms with Crippen molar-refractivity contribution < 1.29 is 14.7 Å². The van der Waals surface area contributed by atoms with Gasteiger partial charge in [0, 0.05) is 12.7 Å². The molecule has 0 bridgehead atoms. The van der Waals surface area contributed by atoms with Gasteiger partial charge in [0.25, 0.3) is 5.91 Å². The molecule has 4 N–H and O–H groups in total. The van der Waals surface area contributed by atoms with Crippen LogP contribution >= 0.6 is 0 Å². The maximum Gasteiger partial charge on any atom is 0.308 e. The zero-order valence-corrected chi connectivity index (χ0v) is 10.2. The van der Waals surface area contributed by atoms with E-state index in [1.54, 1.807) is 12.1 Å². The van der Waals surface area contributed by atoms with Gasteiger partial charge in [-0.1, -0.05) is 13.3 Å². The number of carboxylic acids is 1. The summed E-state index contributed by atoms with van der Waals surface area (Å²) in [7, 11) is 0. The molecule has 0 saturated heterocycles. The zero-order chi connectivity index (χ0) is 13.5. The largest absolute Gasteiger partial charge is 0.481 e. The quantitative estimate of drug-likeness (QED) is 0.696. The highest BCUT2D eigenvalue weighted by molar-refractivity contribution is 5.97. The van der Waals surface area contributed by atoms with Crippen molar-refractivity contribution in [3.8, 4) is 0 Å². The van der Waals surface area contributed by atoms with Gasteiger partial charge in [0.2, 0.25) is 0 Å². The van der Waals surface area contributed by atoms with Crippen LogP contribution in [-0.2, 0) is 4.79 Å². The van der Waals surface area contributed by atoms with Crippen LogP contribution in [0.4, 0.5) is 5.69 Å². The summed E-state index contributed by atoms with van der Waals surface area (Å²) < 4.78 is 0. The van der Waals surface area contributed by atoms with Crippen LogP contribution in [0.1, 0.15) is 30.3 Å². The molecule has 1 rings (SSSR count). The Morgan fingerprint density at radius 2 is 2.28 bits per heavy atom. The highest BCUT2D eigenvalue weighted by atomic mass is 16.4. The van der Waals surface area contributed by atoms with Gasteiger partial charge >= 0.3 is 5.97 Å². The number of pyridine rings is 1. The van der Waals surface area contributed by atoms with E-state index in [-0.39, 0.29) is 17.9 Å². The first-order valence-corrected chi connectivity index (χ1v) is 5.77. The van der Waals surface area contributed by atoms with Gasteiger partial charge < -0.3 is 16.2 Å². The molecular formula is C12H17N3O3. The molecule has 0 spiro atoms. The molecule has 0 aliphatic heterocycles. The Morgan fingerprint density at radius 3 is 2.83 bits per heavy atom. The summed E-state index contributed by atoms with van der Waals surface area (Å²) >= 11 is 0. The number of amides is 1. The van der Waals surface area contributed by atoms with Gasteiger partial charge in [0.1, 0.15) is 0 Å². The van der Waals surface area contributed by atoms with Crippen LogP contribution in [0.15, 0.2) is 18.3 Å². The van der Waals surface area contributed by atoms with E-state index in [0.29, 0.717) is 6.42 Å². The predicted molar refractivity (Wildman–Crippen MR) is 67.0 cm³/mol. The maximum absolute atomic E-state index is 11.8. The van der Waals surface area contributed by atoms with Gasteiger partial charge in [-0.3, -0.25) is 9.59 Å². The SMILES string of the molecule is CCCC(CNC(=O)c1ncccc1N)C(=O)O. The van der Waals surface area contributed by atoms with Crippen molar-refractivity contribution in [1.82, 2.24) is 10.3 Å². The molecular weight excluding hydrogens is 234 g/mol. The van der Waals surface area contributed by atoms with Crippen LogP contribution in [0.5, 0.6) is 0 Å². The van der Waals surface area contributed by atoms with Crippen molar-refractivity contribution in [3.63, 3.8) is 0 Å². The lowest BCUT2D eigenvalue weighted by Crippen LogP contribution is -2.33. The van der Waals surface area contributed by atoms with Crippen LogP contribution < -0.4 is 11.1 Å². The van der Waals surface area contributed by atoms with Crippen molar-refractivity contribution in [1.29, 1.82) is 0 Å². The molecule has 0 aromatic carbocycles. The fraction of sp³-hybridized carbons (Fsp3) is 0.417. The first-order chi connectivity index (χ1) is 8.56. The minimum absolute atomic E-state index is 0.0814. The number of anilines is 1. The summed E-state index contributed by atoms with van der Waals surface area (Å²) in [5, 5.41) is 11.5. The fourth-order valence-electron chi connectivity index (χ4n) is 1.57. The summed E-state index contributed by atoms with van der Waals surface area (Å²) in [6.45, 7) is 1.98. The molecule has 1 amide bonds. The summed E-state index contributed by atoms with van der Waals surface area (Å²) in [6, 6.07) is 3.20. The molecule has 6 nitrogen and oxygen atoms in total. The molecule has 18 heavy (non-hydrogen) atoms. The number of carboxylic acid groups (broad SMARTS) is 1. The molecule has 0 aliphatic carbocycles. The minimum atomic E-state index is -0.911. The number of carbonyl (C=O) groups is 2. The molecule has 0 saturated carbocycles. The average molecular weight is 251 g/mol. The number of hydrogen-bond acceptors (Lipinski definition) is 4. The second-order valence-corrected chi connectivity index (χ2v) is 3.98. The van der Waals surface area contributed by atoms with Crippen molar-refractivity contribution >= 4 is 17.6 Å². The lowest BCUT2D eigenvalue weighted by molar-refractivity contribution is -0.141. The van der Waals surface area contributed by atoms with E-state index in [2.05, 4.69) is 10.3 Å². The van der Waals surface area contributed by atoms with Gasteiger partial charge in [-0.15, -0.1) is 0 Å². The zero-order valence-electron chi connectivity index (χ0n) is 10.2. The Bertz CT molecular complexity index is 434. The number of nitrogens with two attached hydrogens (primary N) is 1. The van der Waals surface area contributed by atoms with E-state index < -0.39 is 17.8 Å². The van der Waals surface area contributed by atoms with Gasteiger partial charge in [-0.2, -0.15) is 0 Å². The lowest BCUT2D eigenvalue weighted by atomic mass is 10.0. The second kappa shape index (κ2) is 6.58. The number of aliphatic carboxylic acids is 1. The summed E-state index contributed by atoms with van der Waals surface area (Å²) in [5.74, 6) is -1.94. The van der Waals surface area contributed by atoms with Gasteiger partial charge in [0.15, 0.2) is 5.69 Å². The van der Waals surface area contributed by atoms with Crippen molar-refractivity contribution in [2.45, 2.75) is 19.8 Å². The number of rotatable bonds is 6. The van der Waals surface area contributed by atoms with E-state index in [9.17, 15) is 9.59 Å². The third-order valence-corrected chi connectivity index (χ3v) is 2.55. The molecule has 1 unspecified atom stereocenters. The number of hydrogen-bond donors (Lipinski definition) is 3. The lowest BCUT2D eigenvalue weighted by Gasteiger charge is -2.12. The standard InChI is InChI=1S/C12H17N3O3/c1-2-4-8(12(17)18)7-15-11(16)10-9(13)5-3-6-14-10/h3,5-6,8H,2,4,7,13H2,1H3,(H,15,16)(H,17,18). The van der Waals surface area contributed by atoms with Crippen molar-refractivity contribution in [2.24, 2.45) is 5.92 Å². The highest BCUT2D eigenvalue weighted by Gasteiger charge is 2.18. The smallest absolute Gasteiger partial charge is 0.308 e. The van der Waals surface area contributed by atoms with Gasteiger partial charge in [-0.25, -0.2) is 4.98 Å². The molecule has 1 aromatic heterocycles. The molecule has 98 valence electrons. The predicted octanol–water partition coefficient (Wildman–Crippen LogP) is 0.895. The number of nitrogens with one attached hydrogen (secondary N) is 1. The van der Waals surface area contributed by atoms with E-state index in [4.69, 9.17) is 10.8 Å². The van der Waals surface area contributed by atoms with E-state index in [0.717, 1.165) is 6.42 Å². The Morgan fingerprint density at radius 1 is 1.56 bits per heavy atom. The monoisotopic (exact) mass is 251 g/mol. The summed E-state index contributed by atoms with van der Waals surface area (Å²) in [4.78, 5) is 26.5. The molecule has 1 heterocycles. The van der Waals surface area contributed by atoms with Crippen LogP contribution in [0.25, 0.3) is 0 Å². The van der Waals surface area contributed by atoms with E-state index >= 15 is 0 Å². The van der Waals surface area contributed by atoms with E-state index in [1.165, 1.54) is 6.20 Å². The second-order valence-electron chi connectivity index (χ2n) is 3.98. The van der Waals surface area contributed by atoms with Crippen LogP contribution in [-0.4, -0.2) is 28.5 Å². The third kappa shape index (κ3) is 3.73. The van der Waals surface area contributed by atoms with Crippen LogP contribution in [0.2, 0.25) is 0 Å². The third-order valence-electron chi connectivity index (χ3n) is 2.55. The topological polar surface area (TPSA) is 105 Å². The first-order valence-electron chi connectivity index (χ1n) is 5.77. The summed E-state index contributed by atoms with van der Waals surface area (Å²) in [5.41, 5.74) is 6.01. The van der Waals surface area contributed by atoms with Crippen LogP contribution in [0, 0.1) is 5.92 Å². The number of carbonyl (C=O) groups excluding carboxylic acids is 1. The Hall–Kier alpha value is -2.11. The maximum atomic E-state index is 11.8.